The van der Waals surface area contributed by atoms with Gasteiger partial charge in [0, 0.05) is 16.7 Å². The molecule has 0 aromatic carbocycles. The zero-order valence-electron chi connectivity index (χ0n) is 21.2. The molecule has 3 fully saturated rings. The van der Waals surface area contributed by atoms with Crippen LogP contribution >= 0.6 is 0 Å². The Hall–Kier alpha value is -0.830. The fourth-order valence-corrected chi connectivity index (χ4v) is 8.32. The lowest BCUT2D eigenvalue weighted by molar-refractivity contribution is -0.199. The molecule has 0 aromatic heterocycles. The van der Waals surface area contributed by atoms with E-state index in [4.69, 9.17) is 0 Å². The van der Waals surface area contributed by atoms with Crippen LogP contribution < -0.4 is 0 Å². The van der Waals surface area contributed by atoms with E-state index in [1.165, 1.54) is 0 Å². The van der Waals surface area contributed by atoms with E-state index in [-0.39, 0.29) is 30.0 Å². The van der Waals surface area contributed by atoms with Gasteiger partial charge in [0.25, 0.3) is 0 Å². The fraction of sp³-hybridized carbons (Fsp3) is 0.889. The largest absolute Gasteiger partial charge is 0.393 e. The number of ketones is 1. The lowest BCUT2D eigenvalue weighted by Crippen LogP contribution is -2.66. The maximum Gasteiger partial charge on any atom is 0.159 e. The Labute approximate surface area is 202 Å². The monoisotopic (exact) mass is 480 g/mol. The Morgan fingerprint density at radius 2 is 1.76 bits per heavy atom. The zero-order chi connectivity index (χ0) is 25.4. The first kappa shape index (κ1) is 26.2. The van der Waals surface area contributed by atoms with E-state index >= 15 is 0 Å². The van der Waals surface area contributed by atoms with Gasteiger partial charge in [-0.3, -0.25) is 4.79 Å². The van der Waals surface area contributed by atoms with Gasteiger partial charge >= 0.3 is 0 Å². The Balaban J connectivity index is 1.65. The average Bonchev–Trinajstić information content (AvgIpc) is 3.03. The summed E-state index contributed by atoms with van der Waals surface area (Å²) >= 11 is 0. The smallest absolute Gasteiger partial charge is 0.159 e. The predicted octanol–water partition coefficient (Wildman–Crippen LogP) is 1.71. The van der Waals surface area contributed by atoms with Crippen molar-refractivity contribution in [2.75, 3.05) is 0 Å². The van der Waals surface area contributed by atoms with Crippen LogP contribution in [0.5, 0.6) is 0 Å². The van der Waals surface area contributed by atoms with E-state index in [1.54, 1.807) is 19.9 Å². The first-order chi connectivity index (χ1) is 15.6. The topological polar surface area (TPSA) is 138 Å². The lowest BCUT2D eigenvalue weighted by atomic mass is 9.45. The summed E-state index contributed by atoms with van der Waals surface area (Å²) in [4.78, 5) is 13.3. The second-order valence-corrected chi connectivity index (χ2v) is 13.0. The summed E-state index contributed by atoms with van der Waals surface area (Å²) in [5.41, 5.74) is -2.90. The third kappa shape index (κ3) is 3.65. The molecule has 0 heterocycles. The van der Waals surface area contributed by atoms with Crippen LogP contribution in [0, 0.1) is 34.5 Å². The van der Waals surface area contributed by atoms with Gasteiger partial charge in [0.1, 0.15) is 6.10 Å². The van der Waals surface area contributed by atoms with Crippen molar-refractivity contribution in [2.24, 2.45) is 34.5 Å². The highest BCUT2D eigenvalue weighted by atomic mass is 16.4. The van der Waals surface area contributed by atoms with Crippen molar-refractivity contribution in [2.45, 2.75) is 115 Å². The quantitative estimate of drug-likeness (QED) is 0.352. The van der Waals surface area contributed by atoms with Crippen LogP contribution in [0.4, 0.5) is 0 Å². The minimum atomic E-state index is -1.32. The molecule has 0 saturated heterocycles. The van der Waals surface area contributed by atoms with Crippen molar-refractivity contribution < 1.29 is 35.4 Å². The number of hydrogen-bond donors (Lipinski definition) is 6. The van der Waals surface area contributed by atoms with E-state index in [1.807, 2.05) is 13.8 Å². The summed E-state index contributed by atoms with van der Waals surface area (Å²) in [6.45, 7) is 9.38. The number of rotatable bonds is 5. The van der Waals surface area contributed by atoms with E-state index < -0.39 is 52.4 Å². The summed E-state index contributed by atoms with van der Waals surface area (Å²) in [6.07, 6.45) is 0.856. The van der Waals surface area contributed by atoms with E-state index in [2.05, 4.69) is 6.92 Å². The second-order valence-electron chi connectivity index (χ2n) is 13.0. The molecule has 0 spiro atoms. The van der Waals surface area contributed by atoms with Gasteiger partial charge in [-0.1, -0.05) is 20.8 Å². The number of aliphatic hydroxyl groups is 6. The molecule has 1 unspecified atom stereocenters. The van der Waals surface area contributed by atoms with Gasteiger partial charge in [-0.15, -0.1) is 0 Å². The Morgan fingerprint density at radius 3 is 2.38 bits per heavy atom. The molecule has 194 valence electrons. The molecular formula is C27H44O7. The Morgan fingerprint density at radius 1 is 1.12 bits per heavy atom. The third-order valence-electron chi connectivity index (χ3n) is 10.7. The molecule has 0 bridgehead atoms. The maximum absolute atomic E-state index is 13.3. The number of aliphatic hydroxyl groups excluding tert-OH is 4. The predicted molar refractivity (Wildman–Crippen MR) is 127 cm³/mol. The highest BCUT2D eigenvalue weighted by Crippen LogP contribution is 2.68. The zero-order valence-corrected chi connectivity index (χ0v) is 21.2. The molecule has 7 heteroatoms. The van der Waals surface area contributed by atoms with Crippen LogP contribution in [-0.4, -0.2) is 72.0 Å². The molecule has 3 saturated carbocycles. The van der Waals surface area contributed by atoms with Crippen LogP contribution in [0.15, 0.2) is 11.6 Å². The molecule has 0 radical (unpaired) electrons. The van der Waals surface area contributed by atoms with Crippen molar-refractivity contribution in [3.8, 4) is 0 Å². The Bertz CT molecular complexity index is 848. The van der Waals surface area contributed by atoms with E-state index in [0.717, 1.165) is 6.42 Å². The number of fused-ring (bicyclic) bond motifs is 5. The molecular weight excluding hydrogens is 436 g/mol. The van der Waals surface area contributed by atoms with E-state index in [9.17, 15) is 35.4 Å². The van der Waals surface area contributed by atoms with Gasteiger partial charge in [0.05, 0.1) is 29.5 Å². The summed E-state index contributed by atoms with van der Waals surface area (Å²) < 4.78 is 0. The van der Waals surface area contributed by atoms with Crippen molar-refractivity contribution in [3.05, 3.63) is 11.6 Å². The van der Waals surface area contributed by atoms with Crippen molar-refractivity contribution in [1.29, 1.82) is 0 Å². The lowest BCUT2D eigenvalue weighted by Gasteiger charge is -2.61. The molecule has 4 rings (SSSR count). The van der Waals surface area contributed by atoms with Crippen LogP contribution in [0.1, 0.15) is 79.6 Å². The molecule has 4 aliphatic carbocycles. The normalized spacial score (nSPS) is 48.4. The fourth-order valence-electron chi connectivity index (χ4n) is 8.32. The highest BCUT2D eigenvalue weighted by molar-refractivity contribution is 5.95. The van der Waals surface area contributed by atoms with Gasteiger partial charge in [0.2, 0.25) is 0 Å². The van der Waals surface area contributed by atoms with E-state index in [0.29, 0.717) is 37.7 Å². The van der Waals surface area contributed by atoms with Crippen molar-refractivity contribution in [3.63, 3.8) is 0 Å². The molecule has 34 heavy (non-hydrogen) atoms. The number of hydrogen-bond acceptors (Lipinski definition) is 7. The van der Waals surface area contributed by atoms with Crippen LogP contribution in [-0.2, 0) is 4.79 Å². The molecule has 0 aromatic rings. The van der Waals surface area contributed by atoms with Gasteiger partial charge < -0.3 is 30.6 Å². The highest BCUT2D eigenvalue weighted by Gasteiger charge is 2.68. The number of carbonyl (C=O) groups is 1. The molecule has 11 atom stereocenters. The standard InChI is InChI=1S/C27H44O7/c1-14(19(28)8-9-24(2,3)33)15-7-11-27(34)17-12-20(29)18-13-21(30)22(31)23(32)26(18,5)16(17)6-10-25(15,27)4/h12,14-16,18-19,21-23,28,30-34H,6-11,13H2,1-5H3/t14-,15+,16-,18-,19+,21+,22+,23?,25+,26+,27+/m0/s1. The molecule has 0 amide bonds. The minimum Gasteiger partial charge on any atom is -0.393 e. The SMILES string of the molecule is C[C@H]([C@H](O)CCC(C)(C)O)[C@H]1CC[C@@]2(O)C3=CC(=O)[C@@H]4C[C@@H](O)[C@@H](O)C(O)[C@]4(C)[C@H]3CC[C@]12C. The summed E-state index contributed by atoms with van der Waals surface area (Å²) in [6, 6.07) is 0. The van der Waals surface area contributed by atoms with Crippen LogP contribution in [0.2, 0.25) is 0 Å². The van der Waals surface area contributed by atoms with Crippen molar-refractivity contribution >= 4 is 5.78 Å². The third-order valence-corrected chi connectivity index (χ3v) is 10.7. The summed E-state index contributed by atoms with van der Waals surface area (Å²) in [5, 5.41) is 65.0. The number of allylic oxidation sites excluding steroid dienone is 1. The second kappa shape index (κ2) is 8.35. The first-order valence-electron chi connectivity index (χ1n) is 13.0. The Kier molecular flexibility index (Phi) is 6.45. The van der Waals surface area contributed by atoms with Crippen LogP contribution in [0.25, 0.3) is 0 Å². The summed E-state index contributed by atoms with van der Waals surface area (Å²) in [5.74, 6) is -1.10. The van der Waals surface area contributed by atoms with Crippen LogP contribution in [0.3, 0.4) is 0 Å². The number of carbonyl (C=O) groups excluding carboxylic acids is 1. The molecule has 0 aliphatic heterocycles. The van der Waals surface area contributed by atoms with Gasteiger partial charge in [-0.05, 0) is 88.2 Å². The average molecular weight is 481 g/mol. The van der Waals surface area contributed by atoms with Gasteiger partial charge in [0.15, 0.2) is 5.78 Å². The molecule has 4 aliphatic rings. The maximum atomic E-state index is 13.3. The first-order valence-corrected chi connectivity index (χ1v) is 13.0. The van der Waals surface area contributed by atoms with Gasteiger partial charge in [-0.2, -0.15) is 0 Å². The van der Waals surface area contributed by atoms with Gasteiger partial charge in [-0.25, -0.2) is 0 Å². The minimum absolute atomic E-state index is 0.0421. The molecule has 6 N–H and O–H groups in total. The summed E-state index contributed by atoms with van der Waals surface area (Å²) in [7, 11) is 0. The van der Waals surface area contributed by atoms with Crippen molar-refractivity contribution in [1.82, 2.24) is 0 Å². The molecule has 7 nitrogen and oxygen atoms in total.